The minimum atomic E-state index is -0.153. The molecule has 1 saturated carbocycles. The van der Waals surface area contributed by atoms with E-state index in [9.17, 15) is 10.1 Å². The van der Waals surface area contributed by atoms with Crippen molar-refractivity contribution in [2.75, 3.05) is 26.2 Å². The molecule has 29 heavy (non-hydrogen) atoms. The maximum Gasteiger partial charge on any atom is 0.272 e. The third-order valence-electron chi connectivity index (χ3n) is 5.18. The standard InChI is InChI=1S/C21H20Cl2N4O2/c22-16-5-4-15(12-17(16)23)29-20-7-6-18(25-19(20)13-24)21(28)27-9-1-8-26(10-11-27)14-2-3-14/h4-7,12,14H,1-3,8-11H2. The summed E-state index contributed by atoms with van der Waals surface area (Å²) in [5, 5.41) is 10.3. The Kier molecular flexibility index (Phi) is 5.91. The molecule has 2 fully saturated rings. The second-order valence-corrected chi connectivity index (χ2v) is 8.06. The van der Waals surface area contributed by atoms with Crippen molar-refractivity contribution in [3.63, 3.8) is 0 Å². The van der Waals surface area contributed by atoms with Crippen molar-refractivity contribution >= 4 is 29.1 Å². The van der Waals surface area contributed by atoms with Gasteiger partial charge < -0.3 is 9.64 Å². The van der Waals surface area contributed by atoms with E-state index in [0.717, 1.165) is 19.5 Å². The molecule has 150 valence electrons. The number of carbonyl (C=O) groups is 1. The molecular weight excluding hydrogens is 411 g/mol. The van der Waals surface area contributed by atoms with Crippen LogP contribution < -0.4 is 4.74 Å². The van der Waals surface area contributed by atoms with Gasteiger partial charge in [-0.25, -0.2) is 4.98 Å². The number of aromatic nitrogens is 1. The van der Waals surface area contributed by atoms with Gasteiger partial charge in [-0.05, 0) is 43.5 Å². The molecule has 0 spiro atoms. The molecule has 0 unspecified atom stereocenters. The van der Waals surface area contributed by atoms with Crippen LogP contribution in [-0.2, 0) is 0 Å². The molecule has 2 aromatic rings. The van der Waals surface area contributed by atoms with E-state index in [2.05, 4.69) is 9.88 Å². The Balaban J connectivity index is 1.49. The number of hydrogen-bond acceptors (Lipinski definition) is 5. The number of carbonyl (C=O) groups excluding carboxylic acids is 1. The van der Waals surface area contributed by atoms with Crippen molar-refractivity contribution in [3.05, 3.63) is 51.8 Å². The van der Waals surface area contributed by atoms with Gasteiger partial charge in [0.05, 0.1) is 10.0 Å². The molecule has 1 aromatic carbocycles. The van der Waals surface area contributed by atoms with Gasteiger partial charge in [-0.2, -0.15) is 5.26 Å². The van der Waals surface area contributed by atoms with E-state index >= 15 is 0 Å². The SMILES string of the molecule is N#Cc1nc(C(=O)N2CCCN(C3CC3)CC2)ccc1Oc1ccc(Cl)c(Cl)c1. The monoisotopic (exact) mass is 430 g/mol. The summed E-state index contributed by atoms with van der Waals surface area (Å²) in [6.07, 6.45) is 3.48. The van der Waals surface area contributed by atoms with Crippen LogP contribution >= 0.6 is 23.2 Å². The Morgan fingerprint density at radius 1 is 1.10 bits per heavy atom. The van der Waals surface area contributed by atoms with Crippen LogP contribution in [0.5, 0.6) is 11.5 Å². The van der Waals surface area contributed by atoms with E-state index in [1.165, 1.54) is 12.8 Å². The molecule has 1 aliphatic carbocycles. The largest absolute Gasteiger partial charge is 0.454 e. The summed E-state index contributed by atoms with van der Waals surface area (Å²) in [4.78, 5) is 21.5. The summed E-state index contributed by atoms with van der Waals surface area (Å²) >= 11 is 11.9. The first-order valence-corrected chi connectivity index (χ1v) is 10.4. The molecule has 6 nitrogen and oxygen atoms in total. The Morgan fingerprint density at radius 2 is 1.93 bits per heavy atom. The van der Waals surface area contributed by atoms with Crippen LogP contribution in [0.1, 0.15) is 35.4 Å². The van der Waals surface area contributed by atoms with Crippen LogP contribution in [0.25, 0.3) is 0 Å². The van der Waals surface area contributed by atoms with Gasteiger partial charge >= 0.3 is 0 Å². The van der Waals surface area contributed by atoms with Crippen molar-refractivity contribution in [1.82, 2.24) is 14.8 Å². The summed E-state index contributed by atoms with van der Waals surface area (Å²) in [7, 11) is 0. The van der Waals surface area contributed by atoms with Crippen LogP contribution in [0, 0.1) is 11.3 Å². The molecular formula is C21H20Cl2N4O2. The highest BCUT2D eigenvalue weighted by Gasteiger charge is 2.31. The van der Waals surface area contributed by atoms with Crippen LogP contribution in [0.2, 0.25) is 10.0 Å². The zero-order valence-corrected chi connectivity index (χ0v) is 17.3. The zero-order chi connectivity index (χ0) is 20.4. The summed E-state index contributed by atoms with van der Waals surface area (Å²) in [6.45, 7) is 3.30. The lowest BCUT2D eigenvalue weighted by molar-refractivity contribution is 0.0755. The maximum atomic E-state index is 12.9. The second kappa shape index (κ2) is 8.58. The average molecular weight is 431 g/mol. The van der Waals surface area contributed by atoms with E-state index in [4.69, 9.17) is 27.9 Å². The maximum absolute atomic E-state index is 12.9. The Morgan fingerprint density at radius 3 is 2.66 bits per heavy atom. The van der Waals surface area contributed by atoms with Gasteiger partial charge in [0.1, 0.15) is 17.5 Å². The number of halogens is 2. The molecule has 1 aliphatic heterocycles. The van der Waals surface area contributed by atoms with Crippen molar-refractivity contribution in [3.8, 4) is 17.6 Å². The highest BCUT2D eigenvalue weighted by atomic mass is 35.5. The highest BCUT2D eigenvalue weighted by molar-refractivity contribution is 6.42. The predicted molar refractivity (Wildman–Crippen MR) is 111 cm³/mol. The van der Waals surface area contributed by atoms with E-state index < -0.39 is 0 Å². The number of ether oxygens (including phenoxy) is 1. The quantitative estimate of drug-likeness (QED) is 0.720. The molecule has 0 N–H and O–H groups in total. The normalized spacial score (nSPS) is 17.5. The highest BCUT2D eigenvalue weighted by Crippen LogP contribution is 2.31. The van der Waals surface area contributed by atoms with Gasteiger partial charge in [-0.15, -0.1) is 0 Å². The second-order valence-electron chi connectivity index (χ2n) is 7.25. The third-order valence-corrected chi connectivity index (χ3v) is 5.92. The van der Waals surface area contributed by atoms with E-state index in [1.807, 2.05) is 11.0 Å². The fourth-order valence-electron chi connectivity index (χ4n) is 3.50. The molecule has 1 saturated heterocycles. The average Bonchev–Trinajstić information content (AvgIpc) is 3.57. The molecule has 1 aromatic heterocycles. The molecule has 2 heterocycles. The molecule has 0 atom stereocenters. The predicted octanol–water partition coefficient (Wildman–Crippen LogP) is 4.36. The van der Waals surface area contributed by atoms with E-state index in [0.29, 0.717) is 34.9 Å². The van der Waals surface area contributed by atoms with Crippen LogP contribution in [0.4, 0.5) is 0 Å². The van der Waals surface area contributed by atoms with Crippen molar-refractivity contribution < 1.29 is 9.53 Å². The van der Waals surface area contributed by atoms with Crippen LogP contribution in [0.15, 0.2) is 30.3 Å². The summed E-state index contributed by atoms with van der Waals surface area (Å²) < 4.78 is 5.72. The third kappa shape index (κ3) is 4.64. The summed E-state index contributed by atoms with van der Waals surface area (Å²) in [6, 6.07) is 10.7. The molecule has 0 radical (unpaired) electrons. The minimum Gasteiger partial charge on any atom is -0.454 e. The smallest absolute Gasteiger partial charge is 0.272 e. The van der Waals surface area contributed by atoms with Crippen molar-refractivity contribution in [2.24, 2.45) is 0 Å². The van der Waals surface area contributed by atoms with Gasteiger partial charge in [-0.3, -0.25) is 9.69 Å². The summed E-state index contributed by atoms with van der Waals surface area (Å²) in [5.41, 5.74) is 0.305. The number of benzene rings is 1. The Labute approximate surface area is 179 Å². The number of rotatable bonds is 4. The van der Waals surface area contributed by atoms with Crippen LogP contribution in [-0.4, -0.2) is 52.9 Å². The van der Waals surface area contributed by atoms with Gasteiger partial charge in [0.2, 0.25) is 0 Å². The van der Waals surface area contributed by atoms with Gasteiger partial charge in [0.15, 0.2) is 11.4 Å². The number of amides is 1. The van der Waals surface area contributed by atoms with Gasteiger partial charge in [0, 0.05) is 38.3 Å². The fourth-order valence-corrected chi connectivity index (χ4v) is 3.79. The lowest BCUT2D eigenvalue weighted by Crippen LogP contribution is -2.36. The van der Waals surface area contributed by atoms with Crippen LogP contribution in [0.3, 0.4) is 0 Å². The van der Waals surface area contributed by atoms with Crippen molar-refractivity contribution in [1.29, 1.82) is 5.26 Å². The first-order chi connectivity index (χ1) is 14.0. The molecule has 1 amide bonds. The first kappa shape index (κ1) is 20.0. The molecule has 0 bridgehead atoms. The summed E-state index contributed by atoms with van der Waals surface area (Å²) in [5.74, 6) is 0.544. The Bertz CT molecular complexity index is 972. The lowest BCUT2D eigenvalue weighted by Gasteiger charge is -2.21. The number of nitrogens with zero attached hydrogens (tertiary/aromatic N) is 4. The number of hydrogen-bond donors (Lipinski definition) is 0. The molecule has 2 aliphatic rings. The number of pyridine rings is 1. The van der Waals surface area contributed by atoms with Gasteiger partial charge in [-0.1, -0.05) is 23.2 Å². The van der Waals surface area contributed by atoms with E-state index in [-0.39, 0.29) is 23.0 Å². The topological polar surface area (TPSA) is 69.5 Å². The Hall–Kier alpha value is -2.33. The first-order valence-electron chi connectivity index (χ1n) is 9.62. The molecule has 4 rings (SSSR count). The fraction of sp³-hybridized carbons (Fsp3) is 0.381. The zero-order valence-electron chi connectivity index (χ0n) is 15.8. The van der Waals surface area contributed by atoms with Gasteiger partial charge in [0.25, 0.3) is 5.91 Å². The number of nitriles is 1. The minimum absolute atomic E-state index is 0.0522. The van der Waals surface area contributed by atoms with Crippen molar-refractivity contribution in [2.45, 2.75) is 25.3 Å². The molecule has 8 heteroatoms. The van der Waals surface area contributed by atoms with E-state index in [1.54, 1.807) is 30.3 Å². The lowest BCUT2D eigenvalue weighted by atomic mass is 10.2.